The van der Waals surface area contributed by atoms with Crippen LogP contribution in [0.25, 0.3) is 10.9 Å². The maximum Gasteiger partial charge on any atom is 0.257 e. The molecule has 0 aliphatic heterocycles. The second-order valence-corrected chi connectivity index (χ2v) is 4.41. The Morgan fingerprint density at radius 1 is 1.30 bits per heavy atom. The van der Waals surface area contributed by atoms with Crippen LogP contribution in [-0.4, -0.2) is 20.7 Å². The highest BCUT2D eigenvalue weighted by molar-refractivity contribution is 6.12. The Balaban J connectivity index is 2.05. The van der Waals surface area contributed by atoms with Gasteiger partial charge < -0.3 is 11.1 Å². The Morgan fingerprint density at radius 2 is 2.10 bits per heavy atom. The highest BCUT2D eigenvalue weighted by Gasteiger charge is 2.13. The molecule has 100 valence electrons. The highest BCUT2D eigenvalue weighted by Crippen LogP contribution is 2.20. The fraction of sp³-hybridized carbons (Fsp3) is 0.0714. The summed E-state index contributed by atoms with van der Waals surface area (Å²) in [6, 6.07) is 10.7. The summed E-state index contributed by atoms with van der Waals surface area (Å²) in [5.41, 5.74) is 6.95. The number of nitrogen functional groups attached to an aromatic ring is 1. The number of hydrogen-bond acceptors (Lipinski definition) is 4. The lowest BCUT2D eigenvalue weighted by Gasteiger charge is -2.08. The van der Waals surface area contributed by atoms with Crippen molar-refractivity contribution in [3.05, 3.63) is 48.2 Å². The summed E-state index contributed by atoms with van der Waals surface area (Å²) in [6.45, 7) is 0. The van der Waals surface area contributed by atoms with Crippen LogP contribution in [0.5, 0.6) is 0 Å². The number of hydrogen-bond donors (Lipinski definition) is 2. The molecule has 1 amide bonds. The van der Waals surface area contributed by atoms with Crippen molar-refractivity contribution >= 4 is 28.4 Å². The van der Waals surface area contributed by atoms with Gasteiger partial charge in [0, 0.05) is 18.5 Å². The molecule has 2 heterocycles. The maximum atomic E-state index is 12.4. The van der Waals surface area contributed by atoms with E-state index >= 15 is 0 Å². The van der Waals surface area contributed by atoms with Crippen molar-refractivity contribution in [2.45, 2.75) is 0 Å². The van der Waals surface area contributed by atoms with Crippen LogP contribution in [0.2, 0.25) is 0 Å². The summed E-state index contributed by atoms with van der Waals surface area (Å²) in [5.74, 6) is 0.701. The number of aryl methyl sites for hydroxylation is 1. The van der Waals surface area contributed by atoms with Crippen LogP contribution in [-0.2, 0) is 7.05 Å². The van der Waals surface area contributed by atoms with Gasteiger partial charge in [0.05, 0.1) is 17.3 Å². The number of amides is 1. The molecule has 3 N–H and O–H groups in total. The van der Waals surface area contributed by atoms with Gasteiger partial charge in [-0.3, -0.25) is 9.48 Å². The Bertz CT molecular complexity index is 793. The fourth-order valence-electron chi connectivity index (χ4n) is 2.06. The lowest BCUT2D eigenvalue weighted by molar-refractivity contribution is 0.102. The first kappa shape index (κ1) is 12.2. The summed E-state index contributed by atoms with van der Waals surface area (Å²) in [7, 11) is 1.76. The number of aromatic nitrogens is 3. The van der Waals surface area contributed by atoms with Gasteiger partial charge in [0.1, 0.15) is 11.6 Å². The van der Waals surface area contributed by atoms with Crippen LogP contribution < -0.4 is 11.1 Å². The van der Waals surface area contributed by atoms with Crippen LogP contribution in [0.4, 0.5) is 11.6 Å². The van der Waals surface area contributed by atoms with Gasteiger partial charge in [0.2, 0.25) is 0 Å². The quantitative estimate of drug-likeness (QED) is 0.741. The number of nitrogens with zero attached hydrogens (tertiary/aromatic N) is 3. The number of benzene rings is 1. The third kappa shape index (κ3) is 2.07. The standard InChI is InChI=1S/C14H13N5O/c1-19-13(6-7-16-19)18-14(20)10-8-12(15)17-11-5-3-2-4-9(10)11/h2-8H,1H3,(H2,15,17)(H,18,20). The summed E-state index contributed by atoms with van der Waals surface area (Å²) >= 11 is 0. The van der Waals surface area contributed by atoms with Gasteiger partial charge in [-0.1, -0.05) is 18.2 Å². The normalized spacial score (nSPS) is 10.7. The molecule has 1 aromatic carbocycles. The number of pyridine rings is 1. The summed E-state index contributed by atoms with van der Waals surface area (Å²) < 4.78 is 1.59. The van der Waals surface area contributed by atoms with E-state index < -0.39 is 0 Å². The van der Waals surface area contributed by atoms with Crippen molar-refractivity contribution in [2.24, 2.45) is 7.05 Å². The minimum Gasteiger partial charge on any atom is -0.384 e. The second-order valence-electron chi connectivity index (χ2n) is 4.41. The van der Waals surface area contributed by atoms with Crippen molar-refractivity contribution in [3.63, 3.8) is 0 Å². The van der Waals surface area contributed by atoms with Gasteiger partial charge in [-0.2, -0.15) is 5.10 Å². The Labute approximate surface area is 115 Å². The molecule has 0 aliphatic rings. The van der Waals surface area contributed by atoms with E-state index in [4.69, 9.17) is 5.73 Å². The molecule has 0 saturated carbocycles. The van der Waals surface area contributed by atoms with Crippen molar-refractivity contribution in [1.82, 2.24) is 14.8 Å². The largest absolute Gasteiger partial charge is 0.384 e. The lowest BCUT2D eigenvalue weighted by Crippen LogP contribution is -2.15. The minimum atomic E-state index is -0.237. The van der Waals surface area contributed by atoms with Crippen molar-refractivity contribution in [2.75, 3.05) is 11.1 Å². The summed E-state index contributed by atoms with van der Waals surface area (Å²) in [4.78, 5) is 16.6. The molecule has 0 unspecified atom stereocenters. The molecule has 2 aromatic heterocycles. The predicted molar refractivity (Wildman–Crippen MR) is 77.3 cm³/mol. The average molecular weight is 267 g/mol. The second kappa shape index (κ2) is 4.65. The van der Waals surface area contributed by atoms with E-state index in [1.54, 1.807) is 30.1 Å². The molecule has 3 aromatic rings. The Kier molecular flexibility index (Phi) is 2.83. The van der Waals surface area contributed by atoms with Crippen LogP contribution in [0.15, 0.2) is 42.6 Å². The first-order valence-corrected chi connectivity index (χ1v) is 6.10. The Hall–Kier alpha value is -2.89. The molecular formula is C14H13N5O. The zero-order valence-electron chi connectivity index (χ0n) is 10.9. The molecule has 3 rings (SSSR count). The summed E-state index contributed by atoms with van der Waals surface area (Å²) in [5, 5.41) is 7.58. The van der Waals surface area contributed by atoms with E-state index in [1.165, 1.54) is 0 Å². The number of carbonyl (C=O) groups is 1. The first-order chi connectivity index (χ1) is 9.65. The van der Waals surface area contributed by atoms with E-state index in [9.17, 15) is 4.79 Å². The van der Waals surface area contributed by atoms with Gasteiger partial charge in [-0.05, 0) is 12.1 Å². The van der Waals surface area contributed by atoms with Crippen LogP contribution >= 0.6 is 0 Å². The minimum absolute atomic E-state index is 0.237. The van der Waals surface area contributed by atoms with Gasteiger partial charge in [0.15, 0.2) is 0 Å². The molecule has 6 nitrogen and oxygen atoms in total. The molecule has 0 radical (unpaired) electrons. The average Bonchev–Trinajstić information content (AvgIpc) is 2.83. The SMILES string of the molecule is Cn1nccc1NC(=O)c1cc(N)nc2ccccc12. The molecule has 20 heavy (non-hydrogen) atoms. The van der Waals surface area contributed by atoms with Gasteiger partial charge in [0.25, 0.3) is 5.91 Å². The molecule has 0 atom stereocenters. The molecule has 0 saturated heterocycles. The number of nitrogens with one attached hydrogen (secondary N) is 1. The van der Waals surface area contributed by atoms with E-state index in [-0.39, 0.29) is 5.91 Å². The molecule has 0 aliphatic carbocycles. The smallest absolute Gasteiger partial charge is 0.257 e. The molecule has 0 spiro atoms. The highest BCUT2D eigenvalue weighted by atomic mass is 16.1. The van der Waals surface area contributed by atoms with Crippen LogP contribution in [0.1, 0.15) is 10.4 Å². The predicted octanol–water partition coefficient (Wildman–Crippen LogP) is 1.80. The maximum absolute atomic E-state index is 12.4. The van der Waals surface area contributed by atoms with Gasteiger partial charge in [-0.15, -0.1) is 0 Å². The zero-order chi connectivity index (χ0) is 14.1. The van der Waals surface area contributed by atoms with E-state index in [0.717, 1.165) is 5.39 Å². The number of para-hydroxylation sites is 1. The molecule has 6 heteroatoms. The topological polar surface area (TPSA) is 85.8 Å². The van der Waals surface area contributed by atoms with E-state index in [2.05, 4.69) is 15.4 Å². The van der Waals surface area contributed by atoms with E-state index in [0.29, 0.717) is 22.7 Å². The van der Waals surface area contributed by atoms with Crippen molar-refractivity contribution in [3.8, 4) is 0 Å². The molecular weight excluding hydrogens is 254 g/mol. The van der Waals surface area contributed by atoms with Gasteiger partial charge in [-0.25, -0.2) is 4.98 Å². The number of anilines is 2. The van der Waals surface area contributed by atoms with Crippen LogP contribution in [0, 0.1) is 0 Å². The van der Waals surface area contributed by atoms with E-state index in [1.807, 2.05) is 24.3 Å². The number of rotatable bonds is 2. The zero-order valence-corrected chi connectivity index (χ0v) is 10.9. The monoisotopic (exact) mass is 267 g/mol. The summed E-state index contributed by atoms with van der Waals surface area (Å²) in [6.07, 6.45) is 1.62. The van der Waals surface area contributed by atoms with Crippen molar-refractivity contribution < 1.29 is 4.79 Å². The molecule has 0 fully saturated rings. The fourth-order valence-corrected chi connectivity index (χ4v) is 2.06. The third-order valence-electron chi connectivity index (χ3n) is 3.04. The first-order valence-electron chi connectivity index (χ1n) is 6.10. The number of fused-ring (bicyclic) bond motifs is 1. The Morgan fingerprint density at radius 3 is 2.85 bits per heavy atom. The van der Waals surface area contributed by atoms with Gasteiger partial charge >= 0.3 is 0 Å². The number of nitrogens with two attached hydrogens (primary N) is 1. The number of carbonyl (C=O) groups excluding carboxylic acids is 1. The molecule has 0 bridgehead atoms. The van der Waals surface area contributed by atoms with Crippen LogP contribution in [0.3, 0.4) is 0 Å². The third-order valence-corrected chi connectivity index (χ3v) is 3.04. The van der Waals surface area contributed by atoms with Crippen molar-refractivity contribution in [1.29, 1.82) is 0 Å². The lowest BCUT2D eigenvalue weighted by atomic mass is 10.1.